The third-order valence-electron chi connectivity index (χ3n) is 4.50. The van der Waals surface area contributed by atoms with Crippen LogP contribution in [0.4, 0.5) is 0 Å². The van der Waals surface area contributed by atoms with Gasteiger partial charge in [-0.05, 0) is 47.9 Å². The van der Waals surface area contributed by atoms with Gasteiger partial charge >= 0.3 is 0 Å². The van der Waals surface area contributed by atoms with Crippen molar-refractivity contribution in [1.82, 2.24) is 4.67 Å². The van der Waals surface area contributed by atoms with Crippen LogP contribution in [0.5, 0.6) is 0 Å². The van der Waals surface area contributed by atoms with Crippen LogP contribution in [-0.4, -0.2) is 67.1 Å². The van der Waals surface area contributed by atoms with Crippen LogP contribution in [0.1, 0.15) is 50.7 Å². The summed E-state index contributed by atoms with van der Waals surface area (Å²) in [6, 6.07) is 0.705. The van der Waals surface area contributed by atoms with Crippen molar-refractivity contribution in [3.63, 3.8) is 0 Å². The van der Waals surface area contributed by atoms with E-state index in [-0.39, 0.29) is 19.1 Å². The van der Waals surface area contributed by atoms with Gasteiger partial charge in [0.2, 0.25) is 0 Å². The quantitative estimate of drug-likeness (QED) is 0.471. The van der Waals surface area contributed by atoms with Crippen LogP contribution < -0.4 is 0 Å². The summed E-state index contributed by atoms with van der Waals surface area (Å²) in [7, 11) is 0.827. The van der Waals surface area contributed by atoms with E-state index in [0.717, 1.165) is 12.6 Å². The smallest absolute Gasteiger partial charge is 0.123 e. The summed E-state index contributed by atoms with van der Waals surface area (Å²) in [5.74, 6) is 0. The molecule has 2 aliphatic heterocycles. The largest absolute Gasteiger partial charge is 0.385 e. The molecule has 0 N–H and O–H groups in total. The highest BCUT2D eigenvalue weighted by molar-refractivity contribution is 7.50. The third kappa shape index (κ3) is 4.08. The summed E-state index contributed by atoms with van der Waals surface area (Å²) >= 11 is 0. The summed E-state index contributed by atoms with van der Waals surface area (Å²) in [6.07, 6.45) is 0.841. The van der Waals surface area contributed by atoms with Gasteiger partial charge < -0.3 is 18.7 Å². The van der Waals surface area contributed by atoms with Crippen LogP contribution in [0.3, 0.4) is 0 Å². The van der Waals surface area contributed by atoms with Crippen LogP contribution >= 0.6 is 8.30 Å². The average Bonchev–Trinajstić information content (AvgIpc) is 2.94. The van der Waals surface area contributed by atoms with Crippen LogP contribution in [0.2, 0.25) is 0 Å². The highest BCUT2D eigenvalue weighted by Crippen LogP contribution is 2.53. The molecule has 6 atom stereocenters. The third-order valence-corrected chi connectivity index (χ3v) is 7.11. The molecule has 0 aliphatic carbocycles. The SMILES string of the molecule is [2H]C[C@]12O[C@@H]([3H])[C@H](O[C@H]1C)[C@@H]2OP(CCCOC)N(C(C)C)C(C)C. The zero-order valence-electron chi connectivity index (χ0n) is 17.3. The lowest BCUT2D eigenvalue weighted by Crippen LogP contribution is -2.44. The minimum atomic E-state index is -0.888. The lowest BCUT2D eigenvalue weighted by atomic mass is 9.96. The van der Waals surface area contributed by atoms with Gasteiger partial charge in [-0.25, -0.2) is 0 Å². The first-order valence-corrected chi connectivity index (χ1v) is 9.94. The van der Waals surface area contributed by atoms with Gasteiger partial charge in [0.1, 0.15) is 26.1 Å². The Kier molecular flexibility index (Phi) is 5.86. The van der Waals surface area contributed by atoms with Gasteiger partial charge in [-0.3, -0.25) is 4.67 Å². The van der Waals surface area contributed by atoms with Gasteiger partial charge in [0.05, 0.1) is 14.1 Å². The molecule has 2 aliphatic rings. The number of hydrogen-bond donors (Lipinski definition) is 0. The predicted octanol–water partition coefficient (Wildman–Crippen LogP) is 3.42. The molecule has 2 rings (SSSR count). The molecule has 0 aromatic carbocycles. The summed E-state index contributed by atoms with van der Waals surface area (Å²) < 4.78 is 42.1. The van der Waals surface area contributed by atoms with Crippen molar-refractivity contribution in [3.05, 3.63) is 0 Å². The molecule has 2 heterocycles. The number of ether oxygens (including phenoxy) is 3. The Morgan fingerprint density at radius 3 is 2.70 bits per heavy atom. The molecule has 23 heavy (non-hydrogen) atoms. The molecule has 2 saturated heterocycles. The Labute approximate surface area is 145 Å². The van der Waals surface area contributed by atoms with Gasteiger partial charge in [-0.2, -0.15) is 0 Å². The number of methoxy groups -OCH3 is 1. The Balaban J connectivity index is 2.20. The van der Waals surface area contributed by atoms with Crippen molar-refractivity contribution in [2.24, 2.45) is 0 Å². The monoisotopic (exact) mass is 350 g/mol. The van der Waals surface area contributed by atoms with Gasteiger partial charge in [0, 0.05) is 33.3 Å². The predicted molar refractivity (Wildman–Crippen MR) is 94.0 cm³/mol. The minimum absolute atomic E-state index is 0.0509. The second-order valence-corrected chi connectivity index (χ2v) is 8.79. The maximum Gasteiger partial charge on any atom is 0.123 e. The van der Waals surface area contributed by atoms with Crippen LogP contribution in [-0.2, 0) is 18.7 Å². The van der Waals surface area contributed by atoms with E-state index in [4.69, 9.17) is 21.5 Å². The molecule has 6 heteroatoms. The number of hydrogen-bond acceptors (Lipinski definition) is 5. The Morgan fingerprint density at radius 2 is 2.13 bits per heavy atom. The second kappa shape index (κ2) is 8.07. The highest BCUT2D eigenvalue weighted by Gasteiger charge is 2.60. The van der Waals surface area contributed by atoms with Crippen molar-refractivity contribution in [3.8, 4) is 0 Å². The number of fused-ring (bicyclic) bond motifs is 2. The summed E-state index contributed by atoms with van der Waals surface area (Å²) in [5, 5.41) is 0. The zero-order chi connectivity index (χ0) is 18.8. The molecule has 2 bridgehead atoms. The molecular formula is C17H34NO4P. The Bertz CT molecular complexity index is 423. The first-order chi connectivity index (χ1) is 11.8. The normalized spacial score (nSPS) is 39.3. The fourth-order valence-electron chi connectivity index (χ4n) is 3.35. The summed E-state index contributed by atoms with van der Waals surface area (Å²) in [4.78, 5) is 0. The number of rotatable bonds is 9. The zero-order valence-corrected chi connectivity index (χ0v) is 16.2. The minimum Gasteiger partial charge on any atom is -0.385 e. The van der Waals surface area contributed by atoms with Crippen LogP contribution in [0.25, 0.3) is 0 Å². The van der Waals surface area contributed by atoms with E-state index in [1.165, 1.54) is 0 Å². The van der Waals surface area contributed by atoms with E-state index >= 15 is 0 Å². The van der Waals surface area contributed by atoms with Gasteiger partial charge in [-0.1, -0.05) is 0 Å². The molecule has 0 saturated carbocycles. The lowest BCUT2D eigenvalue weighted by molar-refractivity contribution is -0.132. The molecule has 0 aromatic rings. The van der Waals surface area contributed by atoms with E-state index in [0.29, 0.717) is 18.7 Å². The van der Waals surface area contributed by atoms with Crippen molar-refractivity contribution < 1.29 is 21.5 Å². The fourth-order valence-corrected chi connectivity index (χ4v) is 5.79. The Hall–Kier alpha value is 0.230. The molecule has 1 unspecified atom stereocenters. The average molecular weight is 350 g/mol. The van der Waals surface area contributed by atoms with Crippen molar-refractivity contribution >= 4 is 8.30 Å². The molecule has 0 amide bonds. The second-order valence-electron chi connectivity index (χ2n) is 6.97. The molecule has 0 radical (unpaired) electrons. The van der Waals surface area contributed by atoms with E-state index in [1.807, 2.05) is 6.92 Å². The van der Waals surface area contributed by atoms with E-state index < -0.39 is 26.6 Å². The van der Waals surface area contributed by atoms with Crippen LogP contribution in [0.15, 0.2) is 0 Å². The summed E-state index contributed by atoms with van der Waals surface area (Å²) in [5.41, 5.74) is -0.821. The standard InChI is InChI=1S/C17H34NO4P/c1-12(2)18(13(3)4)23(10-8-9-19-7)22-16-15-11-20-17(16,6)14(5)21-15/h12-16H,8-11H2,1-7H3/t14-,15-,16-,17-,23?/m0/s1/i6D,11T/t11-,14-,15-,16-,17-,23?. The highest BCUT2D eigenvalue weighted by atomic mass is 31.2. The Morgan fingerprint density at radius 1 is 1.43 bits per heavy atom. The fraction of sp³-hybridized carbons (Fsp3) is 1.00. The maximum atomic E-state index is 8.12. The molecular weight excluding hydrogens is 313 g/mol. The van der Waals surface area contributed by atoms with Gasteiger partial charge in [0.25, 0.3) is 0 Å². The summed E-state index contributed by atoms with van der Waals surface area (Å²) in [6.45, 7) is 10.6. The van der Waals surface area contributed by atoms with Crippen molar-refractivity contribution in [2.45, 2.75) is 83.9 Å². The van der Waals surface area contributed by atoms with E-state index in [9.17, 15) is 0 Å². The molecule has 2 fully saturated rings. The van der Waals surface area contributed by atoms with E-state index in [2.05, 4.69) is 32.4 Å². The van der Waals surface area contributed by atoms with Crippen molar-refractivity contribution in [1.29, 1.82) is 0 Å². The van der Waals surface area contributed by atoms with Crippen molar-refractivity contribution in [2.75, 3.05) is 26.5 Å². The lowest BCUT2D eigenvalue weighted by Gasteiger charge is -2.40. The van der Waals surface area contributed by atoms with E-state index in [1.54, 1.807) is 7.11 Å². The molecule has 0 spiro atoms. The molecule has 136 valence electrons. The molecule has 0 aromatic heterocycles. The van der Waals surface area contributed by atoms with Gasteiger partial charge in [-0.15, -0.1) is 0 Å². The van der Waals surface area contributed by atoms with Crippen LogP contribution in [0, 0.1) is 0 Å². The number of nitrogens with zero attached hydrogens (tertiary/aromatic N) is 1. The first kappa shape index (κ1) is 16.7. The first-order valence-electron chi connectivity index (χ1n) is 9.83. The topological polar surface area (TPSA) is 40.2 Å². The maximum absolute atomic E-state index is 8.12. The molecule has 5 nitrogen and oxygen atoms in total. The van der Waals surface area contributed by atoms with Gasteiger partial charge in [0.15, 0.2) is 0 Å².